The number of Topliss-reactive ketones (excluding diaryl/α,β-unsaturated/α-hetero) is 1. The zero-order valence-corrected chi connectivity index (χ0v) is 14.5. The van der Waals surface area contributed by atoms with Crippen molar-refractivity contribution in [2.24, 2.45) is 0 Å². The number of benzene rings is 2. The molecule has 0 radical (unpaired) electrons. The lowest BCUT2D eigenvalue weighted by Gasteiger charge is -2.07. The third kappa shape index (κ3) is 4.89. The number of carbonyl (C=O) groups is 2. The Hall–Kier alpha value is -2.70. The van der Waals surface area contributed by atoms with Crippen molar-refractivity contribution in [2.75, 3.05) is 5.32 Å². The molecule has 0 heterocycles. The number of ketones is 1. The second kappa shape index (κ2) is 7.92. The second-order valence-corrected chi connectivity index (χ2v) is 5.86. The van der Waals surface area contributed by atoms with E-state index in [2.05, 4.69) is 5.32 Å². The van der Waals surface area contributed by atoms with E-state index in [0.29, 0.717) is 21.3 Å². The number of rotatable bonds is 5. The van der Waals surface area contributed by atoms with Gasteiger partial charge in [-0.1, -0.05) is 29.3 Å². The number of non-ortho nitro benzene ring substituents is 1. The molecule has 0 saturated carbocycles. The molecule has 2 rings (SSSR count). The van der Waals surface area contributed by atoms with Gasteiger partial charge in [0.1, 0.15) is 0 Å². The van der Waals surface area contributed by atoms with Gasteiger partial charge in [-0.15, -0.1) is 0 Å². The van der Waals surface area contributed by atoms with Crippen molar-refractivity contribution < 1.29 is 14.5 Å². The van der Waals surface area contributed by atoms with E-state index in [1.54, 1.807) is 12.1 Å². The van der Waals surface area contributed by atoms with Crippen LogP contribution in [0.2, 0.25) is 10.0 Å². The summed E-state index contributed by atoms with van der Waals surface area (Å²) in [5, 5.41) is 13.8. The summed E-state index contributed by atoms with van der Waals surface area (Å²) in [4.78, 5) is 34.2. The van der Waals surface area contributed by atoms with E-state index in [9.17, 15) is 19.7 Å². The first kappa shape index (κ1) is 18.6. The van der Waals surface area contributed by atoms with Crippen LogP contribution in [0, 0.1) is 10.1 Å². The number of nitrogens with one attached hydrogen (secondary N) is 1. The minimum atomic E-state index is -0.632. The molecule has 0 saturated heterocycles. The summed E-state index contributed by atoms with van der Waals surface area (Å²) in [7, 11) is 0. The molecule has 8 heteroatoms. The summed E-state index contributed by atoms with van der Waals surface area (Å²) in [5.74, 6) is -1.07. The van der Waals surface area contributed by atoms with Crippen LogP contribution in [-0.2, 0) is 9.59 Å². The summed E-state index contributed by atoms with van der Waals surface area (Å²) in [5.41, 5.74) is 0.684. The molecule has 2 aromatic carbocycles. The lowest BCUT2D eigenvalue weighted by Crippen LogP contribution is -2.18. The molecule has 0 aromatic heterocycles. The molecule has 0 bridgehead atoms. The van der Waals surface area contributed by atoms with Crippen LogP contribution in [0.3, 0.4) is 0 Å². The summed E-state index contributed by atoms with van der Waals surface area (Å²) in [6.45, 7) is 1.26. The number of carbonyl (C=O) groups excluding carboxylic acids is 2. The van der Waals surface area contributed by atoms with Crippen molar-refractivity contribution in [1.82, 2.24) is 0 Å². The third-order valence-electron chi connectivity index (χ3n) is 3.21. The van der Waals surface area contributed by atoms with Gasteiger partial charge in [0.2, 0.25) is 0 Å². The van der Waals surface area contributed by atoms with Crippen LogP contribution in [0.1, 0.15) is 12.5 Å². The van der Waals surface area contributed by atoms with Crippen LogP contribution >= 0.6 is 23.2 Å². The van der Waals surface area contributed by atoms with Gasteiger partial charge in [0, 0.05) is 17.8 Å². The zero-order valence-electron chi connectivity index (χ0n) is 13.0. The first-order valence-electron chi connectivity index (χ1n) is 7.01. The lowest BCUT2D eigenvalue weighted by atomic mass is 10.1. The van der Waals surface area contributed by atoms with Gasteiger partial charge < -0.3 is 5.32 Å². The topological polar surface area (TPSA) is 89.3 Å². The number of nitro groups is 1. The van der Waals surface area contributed by atoms with Gasteiger partial charge in [0.25, 0.3) is 11.6 Å². The van der Waals surface area contributed by atoms with Gasteiger partial charge in [-0.25, -0.2) is 0 Å². The second-order valence-electron chi connectivity index (χ2n) is 5.05. The molecular formula is C17H12Cl2N2O4. The van der Waals surface area contributed by atoms with E-state index in [-0.39, 0.29) is 11.3 Å². The third-order valence-corrected chi connectivity index (χ3v) is 3.95. The fourth-order valence-electron chi connectivity index (χ4n) is 1.96. The summed E-state index contributed by atoms with van der Waals surface area (Å²) < 4.78 is 0. The molecular weight excluding hydrogens is 367 g/mol. The van der Waals surface area contributed by atoms with Crippen molar-refractivity contribution in [3.05, 3.63) is 73.8 Å². The molecule has 1 amide bonds. The largest absolute Gasteiger partial charge is 0.322 e. The van der Waals surface area contributed by atoms with Crippen molar-refractivity contribution in [3.63, 3.8) is 0 Å². The Kier molecular flexibility index (Phi) is 5.90. The van der Waals surface area contributed by atoms with Gasteiger partial charge >= 0.3 is 0 Å². The number of nitro benzene ring substituents is 1. The molecule has 0 atom stereocenters. The number of anilines is 1. The predicted molar refractivity (Wildman–Crippen MR) is 96.8 cm³/mol. The Morgan fingerprint density at radius 1 is 1.08 bits per heavy atom. The van der Waals surface area contributed by atoms with Gasteiger partial charge in [-0.3, -0.25) is 19.7 Å². The van der Waals surface area contributed by atoms with Crippen LogP contribution in [0.15, 0.2) is 48.0 Å². The van der Waals surface area contributed by atoms with Crippen LogP contribution in [0.5, 0.6) is 0 Å². The highest BCUT2D eigenvalue weighted by Crippen LogP contribution is 2.24. The Balaban J connectivity index is 2.25. The quantitative estimate of drug-likeness (QED) is 0.272. The van der Waals surface area contributed by atoms with E-state index in [1.807, 2.05) is 0 Å². The van der Waals surface area contributed by atoms with Crippen molar-refractivity contribution >= 4 is 52.3 Å². The van der Waals surface area contributed by atoms with Crippen LogP contribution in [0.25, 0.3) is 6.08 Å². The van der Waals surface area contributed by atoms with E-state index in [4.69, 9.17) is 23.2 Å². The Bertz CT molecular complexity index is 877. The molecule has 128 valence electrons. The molecule has 1 N–H and O–H groups in total. The highest BCUT2D eigenvalue weighted by Gasteiger charge is 2.15. The minimum Gasteiger partial charge on any atom is -0.322 e. The summed E-state index contributed by atoms with van der Waals surface area (Å²) in [6.07, 6.45) is 1.39. The molecule has 0 aliphatic carbocycles. The fourth-order valence-corrected chi connectivity index (χ4v) is 2.27. The normalized spacial score (nSPS) is 11.1. The first-order valence-corrected chi connectivity index (χ1v) is 7.77. The van der Waals surface area contributed by atoms with Crippen LogP contribution in [0.4, 0.5) is 11.4 Å². The highest BCUT2D eigenvalue weighted by atomic mass is 35.5. The molecule has 0 fully saturated rings. The molecule has 0 spiro atoms. The molecule has 0 aliphatic heterocycles. The van der Waals surface area contributed by atoms with Crippen LogP contribution < -0.4 is 5.32 Å². The number of hydrogen-bond donors (Lipinski definition) is 1. The highest BCUT2D eigenvalue weighted by molar-refractivity contribution is 6.42. The van der Waals surface area contributed by atoms with Crippen molar-refractivity contribution in [3.8, 4) is 0 Å². The van der Waals surface area contributed by atoms with E-state index >= 15 is 0 Å². The average molecular weight is 379 g/mol. The SMILES string of the molecule is CC(=O)/C(=C\c1ccc(Cl)c(Cl)c1)C(=O)Nc1ccc([N+](=O)[O-])cc1. The van der Waals surface area contributed by atoms with E-state index < -0.39 is 16.6 Å². The average Bonchev–Trinajstić information content (AvgIpc) is 2.55. The summed E-state index contributed by atoms with van der Waals surface area (Å²) >= 11 is 11.8. The summed E-state index contributed by atoms with van der Waals surface area (Å²) in [6, 6.07) is 9.99. The monoisotopic (exact) mass is 378 g/mol. The maximum absolute atomic E-state index is 12.3. The molecule has 0 aliphatic rings. The number of halogens is 2. The Morgan fingerprint density at radius 2 is 1.72 bits per heavy atom. The maximum Gasteiger partial charge on any atom is 0.269 e. The van der Waals surface area contributed by atoms with Gasteiger partial charge in [-0.05, 0) is 42.8 Å². The first-order chi connectivity index (χ1) is 11.8. The lowest BCUT2D eigenvalue weighted by molar-refractivity contribution is -0.384. The molecule has 25 heavy (non-hydrogen) atoms. The zero-order chi connectivity index (χ0) is 18.6. The van der Waals surface area contributed by atoms with Gasteiger partial charge in [0.15, 0.2) is 5.78 Å². The number of amides is 1. The molecule has 2 aromatic rings. The number of hydrogen-bond acceptors (Lipinski definition) is 4. The fraction of sp³-hybridized carbons (Fsp3) is 0.0588. The minimum absolute atomic E-state index is 0.0864. The standard InChI is InChI=1S/C17H12Cl2N2O4/c1-10(22)14(8-11-2-7-15(18)16(19)9-11)17(23)20-12-3-5-13(6-4-12)21(24)25/h2-9H,1H3,(H,20,23)/b14-8+. The van der Waals surface area contributed by atoms with Gasteiger partial charge in [-0.2, -0.15) is 0 Å². The van der Waals surface area contributed by atoms with E-state index in [0.717, 1.165) is 0 Å². The van der Waals surface area contributed by atoms with Crippen LogP contribution in [-0.4, -0.2) is 16.6 Å². The smallest absolute Gasteiger partial charge is 0.269 e. The predicted octanol–water partition coefficient (Wildman–Crippen LogP) is 4.51. The van der Waals surface area contributed by atoms with Crippen molar-refractivity contribution in [1.29, 1.82) is 0 Å². The van der Waals surface area contributed by atoms with Crippen molar-refractivity contribution in [2.45, 2.75) is 6.92 Å². The maximum atomic E-state index is 12.3. The van der Waals surface area contributed by atoms with Gasteiger partial charge in [0.05, 0.1) is 20.5 Å². The molecule has 6 nitrogen and oxygen atoms in total. The Labute approximate surface area is 153 Å². The molecule has 0 unspecified atom stereocenters. The Morgan fingerprint density at radius 3 is 2.24 bits per heavy atom. The van der Waals surface area contributed by atoms with E-state index in [1.165, 1.54) is 43.3 Å². The number of nitrogens with zero attached hydrogens (tertiary/aromatic N) is 1.